The molecule has 4 aromatic rings. The van der Waals surface area contributed by atoms with Gasteiger partial charge in [-0.3, -0.25) is 30.8 Å². The topological polar surface area (TPSA) is 153 Å². The molecule has 0 unspecified atom stereocenters. The largest absolute Gasteiger partial charge is 0.474 e. The maximum absolute atomic E-state index is 13.4. The summed E-state index contributed by atoms with van der Waals surface area (Å²) in [6, 6.07) is 9.96. The monoisotopic (exact) mass is 563 g/mol. The molecule has 5 N–H and O–H groups in total. The number of carbonyl (C=O) groups is 1. The molecule has 0 fully saturated rings. The lowest BCUT2D eigenvalue weighted by atomic mass is 10.0. The number of nitrogens with one attached hydrogen (secondary N) is 1. The van der Waals surface area contributed by atoms with Gasteiger partial charge in [-0.2, -0.15) is 0 Å². The van der Waals surface area contributed by atoms with Crippen molar-refractivity contribution in [3.63, 3.8) is 0 Å². The van der Waals surface area contributed by atoms with Crippen LogP contribution >= 0.6 is 23.2 Å². The predicted octanol–water partition coefficient (Wildman–Crippen LogP) is 4.56. The summed E-state index contributed by atoms with van der Waals surface area (Å²) in [5.74, 6) is 0.418. The predicted molar refractivity (Wildman–Crippen MR) is 149 cm³/mol. The highest BCUT2D eigenvalue weighted by atomic mass is 35.5. The standard InChI is InChI=1S/C27H23Cl2N7O3/c1-14-17(3-2-6-34-14)27(37)36-7-8-38-26-22(36)9-15(11-35-26)24(31)18-10-16(4-5-21(18)30)39-25(32)23-19(28)12-33-13-20(23)29/h2-6,9-13,25,31H,7-8,30,32H2,1H3/t25-/m0/s1. The van der Waals surface area contributed by atoms with Crippen molar-refractivity contribution in [3.05, 3.63) is 99.2 Å². The third-order valence-electron chi connectivity index (χ3n) is 6.18. The highest BCUT2D eigenvalue weighted by Gasteiger charge is 2.28. The summed E-state index contributed by atoms with van der Waals surface area (Å²) < 4.78 is 11.6. The van der Waals surface area contributed by atoms with E-state index < -0.39 is 6.23 Å². The molecule has 39 heavy (non-hydrogen) atoms. The van der Waals surface area contributed by atoms with E-state index in [0.717, 1.165) is 0 Å². The van der Waals surface area contributed by atoms with E-state index in [4.69, 9.17) is 49.6 Å². The van der Waals surface area contributed by atoms with E-state index in [1.807, 2.05) is 0 Å². The Balaban J connectivity index is 1.45. The molecule has 0 radical (unpaired) electrons. The van der Waals surface area contributed by atoms with Gasteiger partial charge in [-0.05, 0) is 43.3 Å². The molecule has 4 heterocycles. The van der Waals surface area contributed by atoms with Crippen molar-refractivity contribution in [3.8, 4) is 11.6 Å². The Bertz CT molecular complexity index is 1580. The Morgan fingerprint density at radius 2 is 1.90 bits per heavy atom. The normalized spacial score (nSPS) is 13.3. The zero-order chi connectivity index (χ0) is 27.7. The van der Waals surface area contributed by atoms with Crippen molar-refractivity contribution in [1.82, 2.24) is 15.0 Å². The van der Waals surface area contributed by atoms with Gasteiger partial charge in [0.05, 0.1) is 27.9 Å². The highest BCUT2D eigenvalue weighted by molar-refractivity contribution is 6.35. The van der Waals surface area contributed by atoms with Crippen LogP contribution in [0.2, 0.25) is 10.0 Å². The number of hydrogen-bond donors (Lipinski definition) is 3. The van der Waals surface area contributed by atoms with Gasteiger partial charge in [-0.15, -0.1) is 0 Å². The van der Waals surface area contributed by atoms with Crippen molar-refractivity contribution < 1.29 is 14.3 Å². The number of nitrogen functional groups attached to an aromatic ring is 1. The number of fused-ring (bicyclic) bond motifs is 1. The molecule has 0 bridgehead atoms. The maximum atomic E-state index is 13.4. The Hall–Kier alpha value is -4.25. The van der Waals surface area contributed by atoms with Crippen molar-refractivity contribution in [1.29, 1.82) is 5.41 Å². The van der Waals surface area contributed by atoms with E-state index >= 15 is 0 Å². The van der Waals surface area contributed by atoms with E-state index in [2.05, 4.69) is 15.0 Å². The number of ether oxygens (including phenoxy) is 2. The molecule has 1 aliphatic rings. The van der Waals surface area contributed by atoms with Crippen LogP contribution in [0.4, 0.5) is 11.4 Å². The first-order valence-electron chi connectivity index (χ1n) is 11.8. The summed E-state index contributed by atoms with van der Waals surface area (Å²) in [7, 11) is 0. The molecule has 0 saturated carbocycles. The fraction of sp³-hybridized carbons (Fsp3) is 0.148. The number of aromatic nitrogens is 3. The second-order valence-electron chi connectivity index (χ2n) is 8.67. The average Bonchev–Trinajstić information content (AvgIpc) is 2.93. The van der Waals surface area contributed by atoms with Gasteiger partial charge < -0.3 is 15.2 Å². The number of halogens is 2. The Kier molecular flexibility index (Phi) is 7.34. The highest BCUT2D eigenvalue weighted by Crippen LogP contribution is 2.34. The van der Waals surface area contributed by atoms with Gasteiger partial charge in [-0.25, -0.2) is 4.98 Å². The average molecular weight is 564 g/mol. The maximum Gasteiger partial charge on any atom is 0.260 e. The molecule has 10 nitrogen and oxygen atoms in total. The molecule has 3 aromatic heterocycles. The van der Waals surface area contributed by atoms with Crippen molar-refractivity contribution in [2.45, 2.75) is 13.2 Å². The molecule has 1 aliphatic heterocycles. The summed E-state index contributed by atoms with van der Waals surface area (Å²) in [5.41, 5.74) is 15.6. The number of benzene rings is 1. The summed E-state index contributed by atoms with van der Waals surface area (Å²) in [6.07, 6.45) is 4.99. The van der Waals surface area contributed by atoms with Gasteiger partial charge in [0, 0.05) is 52.9 Å². The number of nitrogens with zero attached hydrogens (tertiary/aromatic N) is 4. The van der Waals surface area contributed by atoms with E-state index in [1.54, 1.807) is 54.4 Å². The number of aryl methyl sites for hydroxylation is 1. The zero-order valence-electron chi connectivity index (χ0n) is 20.7. The third kappa shape index (κ3) is 5.22. The lowest BCUT2D eigenvalue weighted by molar-refractivity contribution is 0.0974. The second kappa shape index (κ2) is 10.9. The SMILES string of the molecule is Cc1ncccc1C(=O)N1CCOc2ncc(C(=N)c3cc(O[C@H](N)c4c(Cl)cncc4Cl)ccc3N)cc21. The van der Waals surface area contributed by atoms with Gasteiger partial charge in [0.15, 0.2) is 6.23 Å². The molecule has 0 aliphatic carbocycles. The quantitative estimate of drug-likeness (QED) is 0.175. The first kappa shape index (κ1) is 26.4. The molecule has 1 aromatic carbocycles. The smallest absolute Gasteiger partial charge is 0.260 e. The number of hydrogen-bond acceptors (Lipinski definition) is 9. The fourth-order valence-electron chi connectivity index (χ4n) is 4.18. The van der Waals surface area contributed by atoms with Crippen molar-refractivity contribution in [2.24, 2.45) is 5.73 Å². The summed E-state index contributed by atoms with van der Waals surface area (Å²) >= 11 is 12.4. The van der Waals surface area contributed by atoms with Crippen LogP contribution in [0, 0.1) is 12.3 Å². The van der Waals surface area contributed by atoms with Crippen LogP contribution in [-0.2, 0) is 0 Å². The van der Waals surface area contributed by atoms with Gasteiger partial charge in [0.2, 0.25) is 5.88 Å². The van der Waals surface area contributed by atoms with Gasteiger partial charge in [0.1, 0.15) is 18.0 Å². The first-order valence-corrected chi connectivity index (χ1v) is 12.6. The fourth-order valence-corrected chi connectivity index (χ4v) is 4.76. The molecule has 0 spiro atoms. The van der Waals surface area contributed by atoms with E-state index in [0.29, 0.717) is 64.1 Å². The van der Waals surface area contributed by atoms with E-state index in [1.165, 1.54) is 18.6 Å². The molecule has 198 valence electrons. The number of nitrogens with two attached hydrogens (primary N) is 2. The number of anilines is 2. The van der Waals surface area contributed by atoms with E-state index in [9.17, 15) is 4.79 Å². The Morgan fingerprint density at radius 1 is 1.13 bits per heavy atom. The molecular formula is C27H23Cl2N7O3. The number of carbonyl (C=O) groups excluding carboxylic acids is 1. The molecule has 0 saturated heterocycles. The summed E-state index contributed by atoms with van der Waals surface area (Å²) in [4.78, 5) is 27.5. The molecule has 5 rings (SSSR count). The van der Waals surface area contributed by atoms with Crippen LogP contribution in [-0.4, -0.2) is 39.7 Å². The lowest BCUT2D eigenvalue weighted by Crippen LogP contribution is -2.38. The third-order valence-corrected chi connectivity index (χ3v) is 6.78. The molecule has 1 amide bonds. The Morgan fingerprint density at radius 3 is 2.64 bits per heavy atom. The van der Waals surface area contributed by atoms with E-state index in [-0.39, 0.29) is 21.7 Å². The van der Waals surface area contributed by atoms with Crippen molar-refractivity contribution in [2.75, 3.05) is 23.8 Å². The molecule has 12 heteroatoms. The van der Waals surface area contributed by atoms with Gasteiger partial charge >= 0.3 is 0 Å². The summed E-state index contributed by atoms with van der Waals surface area (Å²) in [5, 5.41) is 9.43. The minimum absolute atomic E-state index is 0.0670. The minimum atomic E-state index is -0.989. The zero-order valence-corrected chi connectivity index (χ0v) is 22.2. The number of amides is 1. The number of pyridine rings is 3. The van der Waals surface area contributed by atoms with Crippen LogP contribution < -0.4 is 25.8 Å². The van der Waals surface area contributed by atoms with Gasteiger partial charge in [0.25, 0.3) is 5.91 Å². The minimum Gasteiger partial charge on any atom is -0.474 e. The van der Waals surface area contributed by atoms with Gasteiger partial charge in [-0.1, -0.05) is 23.2 Å². The Labute approximate surface area is 234 Å². The van der Waals surface area contributed by atoms with Crippen LogP contribution in [0.15, 0.2) is 61.2 Å². The van der Waals surface area contributed by atoms with Crippen LogP contribution in [0.1, 0.15) is 39.0 Å². The lowest BCUT2D eigenvalue weighted by Gasteiger charge is -2.29. The van der Waals surface area contributed by atoms with Crippen LogP contribution in [0.5, 0.6) is 11.6 Å². The summed E-state index contributed by atoms with van der Waals surface area (Å²) in [6.45, 7) is 2.39. The second-order valence-corrected chi connectivity index (χ2v) is 9.48. The molecule has 1 atom stereocenters. The molecular weight excluding hydrogens is 541 g/mol. The van der Waals surface area contributed by atoms with Crippen molar-refractivity contribution >= 4 is 46.2 Å². The van der Waals surface area contributed by atoms with Crippen LogP contribution in [0.3, 0.4) is 0 Å². The number of rotatable bonds is 6. The first-order chi connectivity index (χ1) is 18.7. The van der Waals surface area contributed by atoms with Crippen LogP contribution in [0.25, 0.3) is 0 Å².